The van der Waals surface area contributed by atoms with Crippen molar-refractivity contribution < 1.29 is 14.4 Å². The van der Waals surface area contributed by atoms with Gasteiger partial charge in [-0.1, -0.05) is 60.2 Å². The monoisotopic (exact) mass is 453 g/mol. The number of nitrogens with one attached hydrogen (secondary N) is 1. The van der Waals surface area contributed by atoms with Crippen LogP contribution in [0.25, 0.3) is 0 Å². The molecule has 34 heavy (non-hydrogen) atoms. The van der Waals surface area contributed by atoms with Crippen LogP contribution in [0.4, 0.5) is 5.69 Å². The molecule has 1 saturated heterocycles. The summed E-state index contributed by atoms with van der Waals surface area (Å²) in [7, 11) is 0. The number of carbonyl (C=O) groups excluding carboxylic acids is 3. The van der Waals surface area contributed by atoms with Gasteiger partial charge in [0.25, 0.3) is 11.8 Å². The first-order valence-corrected chi connectivity index (χ1v) is 11.7. The van der Waals surface area contributed by atoms with Crippen LogP contribution < -0.4 is 10.2 Å². The number of hydrogen-bond donors (Lipinski definition) is 1. The Morgan fingerprint density at radius 1 is 1.00 bits per heavy atom. The van der Waals surface area contributed by atoms with E-state index in [1.807, 2.05) is 67.6 Å². The predicted molar refractivity (Wildman–Crippen MR) is 130 cm³/mol. The second kappa shape index (κ2) is 9.14. The zero-order valence-electron chi connectivity index (χ0n) is 19.2. The number of carbonyl (C=O) groups is 3. The average molecular weight is 454 g/mol. The fourth-order valence-electron chi connectivity index (χ4n) is 4.92. The van der Waals surface area contributed by atoms with Gasteiger partial charge in [-0.25, -0.2) is 0 Å². The van der Waals surface area contributed by atoms with Gasteiger partial charge in [0.2, 0.25) is 5.91 Å². The Labute approximate surface area is 199 Å². The van der Waals surface area contributed by atoms with E-state index < -0.39 is 6.04 Å². The maximum Gasteiger partial charge on any atom is 0.256 e. The van der Waals surface area contributed by atoms with Gasteiger partial charge in [0, 0.05) is 18.7 Å². The first-order valence-electron chi connectivity index (χ1n) is 11.7. The Hall–Kier alpha value is -3.93. The smallest absolute Gasteiger partial charge is 0.256 e. The van der Waals surface area contributed by atoms with Crippen LogP contribution in [0, 0.1) is 6.92 Å². The number of amides is 3. The molecule has 2 aliphatic heterocycles. The Kier molecular flexibility index (Phi) is 5.88. The van der Waals surface area contributed by atoms with Crippen molar-refractivity contribution in [2.24, 2.45) is 0 Å². The topological polar surface area (TPSA) is 69.7 Å². The summed E-state index contributed by atoms with van der Waals surface area (Å²) >= 11 is 0. The van der Waals surface area contributed by atoms with E-state index in [0.717, 1.165) is 23.1 Å². The van der Waals surface area contributed by atoms with Crippen molar-refractivity contribution in [3.05, 3.63) is 101 Å². The highest BCUT2D eigenvalue weighted by Crippen LogP contribution is 2.33. The summed E-state index contributed by atoms with van der Waals surface area (Å²) in [6.07, 6.45) is 1.48. The van der Waals surface area contributed by atoms with Gasteiger partial charge in [0.15, 0.2) is 0 Å². The minimum atomic E-state index is -0.456. The number of nitrogens with zero attached hydrogens (tertiary/aromatic N) is 2. The molecule has 3 aromatic carbocycles. The third kappa shape index (κ3) is 4.07. The van der Waals surface area contributed by atoms with E-state index >= 15 is 0 Å². The molecule has 1 atom stereocenters. The summed E-state index contributed by atoms with van der Waals surface area (Å²) < 4.78 is 0. The molecule has 1 N–H and O–H groups in total. The summed E-state index contributed by atoms with van der Waals surface area (Å²) in [6.45, 7) is 3.26. The molecule has 6 nitrogen and oxygen atoms in total. The molecule has 172 valence electrons. The normalized spacial score (nSPS) is 17.3. The summed E-state index contributed by atoms with van der Waals surface area (Å²) in [5.41, 5.74) is 4.57. The molecule has 0 radical (unpaired) electrons. The van der Waals surface area contributed by atoms with E-state index in [9.17, 15) is 14.4 Å². The van der Waals surface area contributed by atoms with E-state index in [0.29, 0.717) is 36.3 Å². The van der Waals surface area contributed by atoms with E-state index in [1.54, 1.807) is 21.9 Å². The quantitative estimate of drug-likeness (QED) is 0.633. The zero-order valence-corrected chi connectivity index (χ0v) is 19.2. The summed E-state index contributed by atoms with van der Waals surface area (Å²) in [4.78, 5) is 43.2. The molecular weight excluding hydrogens is 426 g/mol. The van der Waals surface area contributed by atoms with Gasteiger partial charge >= 0.3 is 0 Å². The van der Waals surface area contributed by atoms with Crippen LogP contribution in [0.1, 0.15) is 50.2 Å². The van der Waals surface area contributed by atoms with Crippen LogP contribution in [0.5, 0.6) is 0 Å². The van der Waals surface area contributed by atoms with Crippen molar-refractivity contribution >= 4 is 23.4 Å². The first kappa shape index (κ1) is 21.9. The third-order valence-corrected chi connectivity index (χ3v) is 6.62. The van der Waals surface area contributed by atoms with Gasteiger partial charge in [-0.15, -0.1) is 0 Å². The highest BCUT2D eigenvalue weighted by Gasteiger charge is 2.42. The average Bonchev–Trinajstić information content (AvgIpc) is 3.33. The van der Waals surface area contributed by atoms with Gasteiger partial charge in [-0.2, -0.15) is 0 Å². The predicted octanol–water partition coefficient (Wildman–Crippen LogP) is 4.08. The van der Waals surface area contributed by atoms with E-state index in [2.05, 4.69) is 5.32 Å². The first-order chi connectivity index (χ1) is 16.5. The third-order valence-electron chi connectivity index (χ3n) is 6.62. The maximum atomic E-state index is 13.6. The molecule has 6 heteroatoms. The Morgan fingerprint density at radius 2 is 1.79 bits per heavy atom. The molecule has 0 bridgehead atoms. The highest BCUT2D eigenvalue weighted by atomic mass is 16.2. The highest BCUT2D eigenvalue weighted by molar-refractivity contribution is 6.11. The fourth-order valence-corrected chi connectivity index (χ4v) is 4.92. The molecule has 0 spiro atoms. The lowest BCUT2D eigenvalue weighted by Crippen LogP contribution is -2.44. The van der Waals surface area contributed by atoms with E-state index in [1.165, 1.54) is 0 Å². The number of anilines is 1. The van der Waals surface area contributed by atoms with Crippen LogP contribution in [-0.4, -0.2) is 35.2 Å². The molecule has 3 aromatic rings. The molecule has 0 unspecified atom stereocenters. The molecule has 0 saturated carbocycles. The maximum absolute atomic E-state index is 13.6. The fraction of sp³-hybridized carbons (Fsp3) is 0.250. The van der Waals surface area contributed by atoms with Crippen molar-refractivity contribution in [2.75, 3.05) is 11.4 Å². The summed E-state index contributed by atoms with van der Waals surface area (Å²) in [5, 5.41) is 3.00. The van der Waals surface area contributed by atoms with Gasteiger partial charge in [-0.3, -0.25) is 14.4 Å². The van der Waals surface area contributed by atoms with Crippen LogP contribution in [0.2, 0.25) is 0 Å². The second-order valence-corrected chi connectivity index (χ2v) is 8.93. The number of benzene rings is 3. The lowest BCUT2D eigenvalue weighted by molar-refractivity contribution is -0.122. The molecule has 0 aromatic heterocycles. The largest absolute Gasteiger partial charge is 0.348 e. The lowest BCUT2D eigenvalue weighted by atomic mass is 10.0. The SMILES string of the molecule is Cc1cccc(CNC(=O)c2ccccc2CN2C(=O)[C@H]3CCCN3C(=O)c3ccccc32)c1. The van der Waals surface area contributed by atoms with Crippen molar-refractivity contribution in [1.82, 2.24) is 10.2 Å². The molecule has 1 fully saturated rings. The molecular formula is C28H27N3O3. The Balaban J connectivity index is 1.44. The van der Waals surface area contributed by atoms with Gasteiger partial charge in [0.05, 0.1) is 17.8 Å². The minimum Gasteiger partial charge on any atom is -0.348 e. The summed E-state index contributed by atoms with van der Waals surface area (Å²) in [5.74, 6) is -0.380. The molecule has 5 rings (SSSR count). The zero-order chi connectivity index (χ0) is 23.7. The summed E-state index contributed by atoms with van der Waals surface area (Å²) in [6, 6.07) is 22.2. The van der Waals surface area contributed by atoms with Crippen molar-refractivity contribution in [3.8, 4) is 0 Å². The molecule has 0 aliphatic carbocycles. The Bertz CT molecular complexity index is 1270. The second-order valence-electron chi connectivity index (χ2n) is 8.93. The van der Waals surface area contributed by atoms with E-state index in [4.69, 9.17) is 0 Å². The number of hydrogen-bond acceptors (Lipinski definition) is 3. The number of rotatable bonds is 5. The standard InChI is InChI=1S/C28H27N3O3/c1-19-8-6-9-20(16-19)17-29-26(32)22-11-3-2-10-21(22)18-31-24-13-5-4-12-23(24)27(33)30-15-7-14-25(30)28(31)34/h2-6,8-13,16,25H,7,14-15,17-18H2,1H3,(H,29,32)/t25-/m1/s1. The van der Waals surface area contributed by atoms with Crippen molar-refractivity contribution in [2.45, 2.75) is 38.9 Å². The molecule has 2 aliphatic rings. The lowest BCUT2D eigenvalue weighted by Gasteiger charge is -2.26. The number of aryl methyl sites for hydroxylation is 1. The van der Waals surface area contributed by atoms with Gasteiger partial charge in [-0.05, 0) is 49.1 Å². The van der Waals surface area contributed by atoms with Crippen molar-refractivity contribution in [1.29, 1.82) is 0 Å². The van der Waals surface area contributed by atoms with Crippen LogP contribution in [0.3, 0.4) is 0 Å². The van der Waals surface area contributed by atoms with E-state index in [-0.39, 0.29) is 24.3 Å². The van der Waals surface area contributed by atoms with Crippen LogP contribution in [-0.2, 0) is 17.9 Å². The van der Waals surface area contributed by atoms with Gasteiger partial charge < -0.3 is 15.1 Å². The number of fused-ring (bicyclic) bond motifs is 2. The van der Waals surface area contributed by atoms with Crippen LogP contribution >= 0.6 is 0 Å². The number of para-hydroxylation sites is 1. The van der Waals surface area contributed by atoms with Gasteiger partial charge in [0.1, 0.15) is 6.04 Å². The van der Waals surface area contributed by atoms with Crippen LogP contribution in [0.15, 0.2) is 72.8 Å². The molecule has 3 amide bonds. The minimum absolute atomic E-state index is 0.0919. The molecule has 2 heterocycles. The Morgan fingerprint density at radius 3 is 2.65 bits per heavy atom. The van der Waals surface area contributed by atoms with Crippen molar-refractivity contribution in [3.63, 3.8) is 0 Å².